The van der Waals surface area contributed by atoms with Crippen molar-refractivity contribution >= 4 is 11.0 Å². The summed E-state index contributed by atoms with van der Waals surface area (Å²) in [4.78, 5) is 21.9. The topological polar surface area (TPSA) is 61.0 Å². The average Bonchev–Trinajstić information content (AvgIpc) is 2.73. The van der Waals surface area contributed by atoms with Gasteiger partial charge in [0.2, 0.25) is 0 Å². The molecule has 2 aromatic carbocycles. The van der Waals surface area contributed by atoms with Gasteiger partial charge in [0.15, 0.2) is 0 Å². The van der Waals surface area contributed by atoms with Gasteiger partial charge in [0.1, 0.15) is 5.69 Å². The van der Waals surface area contributed by atoms with Gasteiger partial charge in [0, 0.05) is 12.6 Å². The van der Waals surface area contributed by atoms with Gasteiger partial charge in [-0.05, 0) is 62.2 Å². The second-order valence-electron chi connectivity index (χ2n) is 8.40. The molecule has 3 rings (SSSR count). The van der Waals surface area contributed by atoms with Crippen LogP contribution in [0.1, 0.15) is 50.1 Å². The average molecular weight is 407 g/mol. The minimum atomic E-state index is -0.0871. The lowest BCUT2D eigenvalue weighted by atomic mass is 9.95. The van der Waals surface area contributed by atoms with E-state index >= 15 is 0 Å². The smallest absolute Gasteiger partial charge is 0.270 e. The maximum Gasteiger partial charge on any atom is 0.270 e. The van der Waals surface area contributed by atoms with Crippen LogP contribution in [0.3, 0.4) is 0 Å². The standard InChI is InChI=1S/C25H34N4O/c1-5-21-25(30)28-22-13-12-20(16-23(22)27-21)24(18(2)3)26-14-9-15-29(4)17-19-10-7-6-8-11-19/h6-8,10-13,16,18,24,26H,5,9,14-15,17H2,1-4H3,(H,28,30). The monoisotopic (exact) mass is 406 g/mol. The predicted molar refractivity (Wildman–Crippen MR) is 125 cm³/mol. The van der Waals surface area contributed by atoms with E-state index in [-0.39, 0.29) is 11.6 Å². The minimum absolute atomic E-state index is 0.0871. The second-order valence-corrected chi connectivity index (χ2v) is 8.40. The molecule has 1 aromatic heterocycles. The van der Waals surface area contributed by atoms with Crippen LogP contribution in [0.15, 0.2) is 53.3 Å². The fraction of sp³-hybridized carbons (Fsp3) is 0.440. The molecule has 1 atom stereocenters. The summed E-state index contributed by atoms with van der Waals surface area (Å²) in [5.41, 5.74) is 4.73. The van der Waals surface area contributed by atoms with Crippen molar-refractivity contribution in [2.24, 2.45) is 5.92 Å². The summed E-state index contributed by atoms with van der Waals surface area (Å²) in [5, 5.41) is 3.73. The zero-order valence-electron chi connectivity index (χ0n) is 18.6. The Morgan fingerprint density at radius 3 is 2.60 bits per heavy atom. The number of aromatic amines is 1. The third-order valence-corrected chi connectivity index (χ3v) is 5.52. The predicted octanol–water partition coefficient (Wildman–Crippen LogP) is 4.29. The number of nitrogens with one attached hydrogen (secondary N) is 2. The van der Waals surface area contributed by atoms with Gasteiger partial charge in [-0.2, -0.15) is 0 Å². The van der Waals surface area contributed by atoms with Gasteiger partial charge in [-0.15, -0.1) is 0 Å². The molecule has 0 aliphatic rings. The second kappa shape index (κ2) is 10.5. The summed E-state index contributed by atoms with van der Waals surface area (Å²) < 4.78 is 0. The van der Waals surface area contributed by atoms with E-state index in [0.29, 0.717) is 18.0 Å². The highest BCUT2D eigenvalue weighted by atomic mass is 16.1. The number of nitrogens with zero attached hydrogens (tertiary/aromatic N) is 2. The quantitative estimate of drug-likeness (QED) is 0.493. The highest BCUT2D eigenvalue weighted by molar-refractivity contribution is 5.75. The van der Waals surface area contributed by atoms with Crippen LogP contribution in [0, 0.1) is 5.92 Å². The Bertz CT molecular complexity index is 997. The van der Waals surface area contributed by atoms with E-state index in [0.717, 1.165) is 37.1 Å². The van der Waals surface area contributed by atoms with Crippen molar-refractivity contribution in [1.29, 1.82) is 0 Å². The van der Waals surface area contributed by atoms with Crippen LogP contribution in [0.2, 0.25) is 0 Å². The van der Waals surface area contributed by atoms with Crippen LogP contribution in [0.5, 0.6) is 0 Å². The van der Waals surface area contributed by atoms with Crippen LogP contribution in [0.4, 0.5) is 0 Å². The highest BCUT2D eigenvalue weighted by Gasteiger charge is 2.16. The molecule has 0 bridgehead atoms. The van der Waals surface area contributed by atoms with E-state index < -0.39 is 0 Å². The summed E-state index contributed by atoms with van der Waals surface area (Å²) in [6.07, 6.45) is 1.73. The third kappa shape index (κ3) is 5.77. The van der Waals surface area contributed by atoms with E-state index in [1.165, 1.54) is 11.1 Å². The zero-order valence-corrected chi connectivity index (χ0v) is 18.6. The number of H-pyrrole nitrogens is 1. The Morgan fingerprint density at radius 2 is 1.90 bits per heavy atom. The number of aromatic nitrogens is 2. The van der Waals surface area contributed by atoms with Crippen molar-refractivity contribution in [2.75, 3.05) is 20.1 Å². The van der Waals surface area contributed by atoms with Crippen LogP contribution in [0.25, 0.3) is 11.0 Å². The van der Waals surface area contributed by atoms with Crippen LogP contribution in [-0.4, -0.2) is 35.0 Å². The molecule has 0 aliphatic carbocycles. The molecule has 1 unspecified atom stereocenters. The van der Waals surface area contributed by atoms with Crippen molar-refractivity contribution in [3.05, 3.63) is 75.7 Å². The molecule has 5 heteroatoms. The van der Waals surface area contributed by atoms with E-state index in [1.807, 2.05) is 13.0 Å². The van der Waals surface area contributed by atoms with E-state index in [4.69, 9.17) is 0 Å². The lowest BCUT2D eigenvalue weighted by molar-refractivity contribution is 0.311. The van der Waals surface area contributed by atoms with Gasteiger partial charge >= 0.3 is 0 Å². The number of fused-ring (bicyclic) bond motifs is 1. The number of aryl methyl sites for hydroxylation is 1. The molecule has 0 saturated heterocycles. The van der Waals surface area contributed by atoms with Crippen molar-refractivity contribution in [1.82, 2.24) is 20.2 Å². The molecule has 0 fully saturated rings. The number of rotatable bonds is 10. The molecule has 0 aliphatic heterocycles. The van der Waals surface area contributed by atoms with Crippen molar-refractivity contribution < 1.29 is 0 Å². The molecule has 30 heavy (non-hydrogen) atoms. The van der Waals surface area contributed by atoms with Gasteiger partial charge in [-0.3, -0.25) is 4.79 Å². The van der Waals surface area contributed by atoms with Gasteiger partial charge in [0.05, 0.1) is 11.0 Å². The first kappa shape index (κ1) is 22.2. The molecular formula is C25H34N4O. The molecule has 0 saturated carbocycles. The maximum atomic E-state index is 12.0. The minimum Gasteiger partial charge on any atom is -0.319 e. The van der Waals surface area contributed by atoms with E-state index in [2.05, 4.69) is 83.5 Å². The molecule has 160 valence electrons. The molecular weight excluding hydrogens is 372 g/mol. The zero-order chi connectivity index (χ0) is 21.5. The summed E-state index contributed by atoms with van der Waals surface area (Å²) in [5.74, 6) is 0.456. The number of hydrogen-bond acceptors (Lipinski definition) is 4. The Kier molecular flexibility index (Phi) is 7.77. The van der Waals surface area contributed by atoms with E-state index in [1.54, 1.807) is 0 Å². The molecule has 5 nitrogen and oxygen atoms in total. The Morgan fingerprint density at radius 1 is 1.13 bits per heavy atom. The normalized spacial score (nSPS) is 12.7. The van der Waals surface area contributed by atoms with Crippen molar-refractivity contribution in [3.8, 4) is 0 Å². The van der Waals surface area contributed by atoms with Crippen molar-refractivity contribution in [3.63, 3.8) is 0 Å². The van der Waals surface area contributed by atoms with Gasteiger partial charge in [-0.25, -0.2) is 4.98 Å². The summed E-state index contributed by atoms with van der Waals surface area (Å²) in [6.45, 7) is 9.41. The van der Waals surface area contributed by atoms with Gasteiger partial charge < -0.3 is 15.2 Å². The summed E-state index contributed by atoms with van der Waals surface area (Å²) in [6, 6.07) is 17.0. The first-order valence-corrected chi connectivity index (χ1v) is 11.0. The van der Waals surface area contributed by atoms with Crippen LogP contribution < -0.4 is 10.9 Å². The van der Waals surface area contributed by atoms with Crippen LogP contribution >= 0.6 is 0 Å². The summed E-state index contributed by atoms with van der Waals surface area (Å²) >= 11 is 0. The van der Waals surface area contributed by atoms with Crippen molar-refractivity contribution in [2.45, 2.75) is 46.2 Å². The maximum absolute atomic E-state index is 12.0. The summed E-state index contributed by atoms with van der Waals surface area (Å²) in [7, 11) is 2.17. The lowest BCUT2D eigenvalue weighted by Gasteiger charge is -2.24. The molecule has 2 N–H and O–H groups in total. The molecule has 1 heterocycles. The van der Waals surface area contributed by atoms with Gasteiger partial charge in [-0.1, -0.05) is 57.2 Å². The molecule has 0 radical (unpaired) electrons. The van der Waals surface area contributed by atoms with Crippen LogP contribution in [-0.2, 0) is 13.0 Å². The Labute approximate surface area is 179 Å². The fourth-order valence-electron chi connectivity index (χ4n) is 3.89. The molecule has 0 spiro atoms. The van der Waals surface area contributed by atoms with E-state index in [9.17, 15) is 4.79 Å². The molecule has 0 amide bonds. The highest BCUT2D eigenvalue weighted by Crippen LogP contribution is 2.24. The molecule has 3 aromatic rings. The SMILES string of the molecule is CCc1nc2cc(C(NCCCN(C)Cc3ccccc3)C(C)C)ccc2[nH]c1=O. The Hall–Kier alpha value is -2.50. The lowest BCUT2D eigenvalue weighted by Crippen LogP contribution is -2.29. The first-order chi connectivity index (χ1) is 14.5. The number of benzene rings is 2. The van der Waals surface area contributed by atoms with Gasteiger partial charge in [0.25, 0.3) is 5.56 Å². The third-order valence-electron chi connectivity index (χ3n) is 5.52. The first-order valence-electron chi connectivity index (χ1n) is 11.0. The largest absolute Gasteiger partial charge is 0.319 e. The number of hydrogen-bond donors (Lipinski definition) is 2. The Balaban J connectivity index is 1.60. The fourth-order valence-corrected chi connectivity index (χ4v) is 3.89.